The molecule has 0 bridgehead atoms. The van der Waals surface area contributed by atoms with Crippen LogP contribution < -0.4 is 5.32 Å². The minimum absolute atomic E-state index is 0.0463. The Hall–Kier alpha value is -0.570. The second kappa shape index (κ2) is 2.35. The van der Waals surface area contributed by atoms with E-state index in [1.54, 1.807) is 0 Å². The van der Waals surface area contributed by atoms with Crippen molar-refractivity contribution >= 4 is 5.97 Å². The average molecular weight is 129 g/mol. The highest BCUT2D eigenvalue weighted by molar-refractivity contribution is 5.77. The summed E-state index contributed by atoms with van der Waals surface area (Å²) in [7, 11) is 1.41. The number of nitrogens with one attached hydrogen (secondary N) is 1. The topological polar surface area (TPSA) is 38.3 Å². The Balaban J connectivity index is 2.35. The van der Waals surface area contributed by atoms with Gasteiger partial charge in [0.15, 0.2) is 0 Å². The van der Waals surface area contributed by atoms with Gasteiger partial charge in [0.1, 0.15) is 6.04 Å². The fourth-order valence-corrected chi connectivity index (χ4v) is 0.914. The highest BCUT2D eigenvalue weighted by Crippen LogP contribution is 2.12. The van der Waals surface area contributed by atoms with E-state index in [-0.39, 0.29) is 12.0 Å². The number of methoxy groups -OCH3 is 1. The van der Waals surface area contributed by atoms with Crippen LogP contribution in [0.3, 0.4) is 0 Å². The highest BCUT2D eigenvalue weighted by atomic mass is 16.5. The van der Waals surface area contributed by atoms with Gasteiger partial charge in [-0.25, -0.2) is 0 Å². The molecule has 52 valence electrons. The van der Waals surface area contributed by atoms with Crippen molar-refractivity contribution in [2.45, 2.75) is 13.0 Å². The molecular weight excluding hydrogens is 118 g/mol. The molecule has 0 unspecified atom stereocenters. The smallest absolute Gasteiger partial charge is 0.323 e. The molecule has 1 fully saturated rings. The van der Waals surface area contributed by atoms with Gasteiger partial charge in [-0.3, -0.25) is 4.79 Å². The maximum absolute atomic E-state index is 10.7. The Labute approximate surface area is 54.4 Å². The third kappa shape index (κ3) is 1.05. The summed E-state index contributed by atoms with van der Waals surface area (Å²) in [6.07, 6.45) is 0. The van der Waals surface area contributed by atoms with Crippen LogP contribution in [0.15, 0.2) is 0 Å². The summed E-state index contributed by atoms with van der Waals surface area (Å²) < 4.78 is 4.52. The molecule has 0 aromatic carbocycles. The lowest BCUT2D eigenvalue weighted by molar-refractivity contribution is -0.146. The van der Waals surface area contributed by atoms with Gasteiger partial charge in [-0.15, -0.1) is 0 Å². The summed E-state index contributed by atoms with van der Waals surface area (Å²) in [5.41, 5.74) is 0. The second-order valence-electron chi connectivity index (χ2n) is 2.39. The van der Waals surface area contributed by atoms with Crippen LogP contribution in [0.25, 0.3) is 0 Å². The van der Waals surface area contributed by atoms with Crippen molar-refractivity contribution in [3.8, 4) is 0 Å². The van der Waals surface area contributed by atoms with Crippen LogP contribution >= 0.6 is 0 Å². The van der Waals surface area contributed by atoms with Gasteiger partial charge in [-0.2, -0.15) is 0 Å². The summed E-state index contributed by atoms with van der Waals surface area (Å²) in [6, 6.07) is -0.0463. The van der Waals surface area contributed by atoms with Crippen LogP contribution in [-0.2, 0) is 9.53 Å². The number of esters is 1. The molecule has 3 heteroatoms. The predicted octanol–water partition coefficient (Wildman–Crippen LogP) is -0.233. The molecule has 0 aliphatic carbocycles. The van der Waals surface area contributed by atoms with Gasteiger partial charge < -0.3 is 10.1 Å². The monoisotopic (exact) mass is 129 g/mol. The molecule has 3 nitrogen and oxygen atoms in total. The van der Waals surface area contributed by atoms with E-state index in [2.05, 4.69) is 10.1 Å². The molecule has 0 aromatic rings. The van der Waals surface area contributed by atoms with Crippen molar-refractivity contribution in [1.29, 1.82) is 0 Å². The molecular formula is C6H11NO2. The normalized spacial score (nSPS) is 33.1. The standard InChI is InChI=1S/C6H11NO2/c1-4-3-7-5(4)6(8)9-2/h4-5,7H,3H2,1-2H3/t4-,5+/m0/s1. The van der Waals surface area contributed by atoms with E-state index in [0.717, 1.165) is 6.54 Å². The van der Waals surface area contributed by atoms with E-state index < -0.39 is 0 Å². The average Bonchev–Trinajstić information content (AvgIpc) is 1.84. The van der Waals surface area contributed by atoms with Crippen LogP contribution in [0.1, 0.15) is 6.92 Å². The molecule has 1 rings (SSSR count). The number of hydrogen-bond donors (Lipinski definition) is 1. The van der Waals surface area contributed by atoms with Crippen molar-refractivity contribution < 1.29 is 9.53 Å². The molecule has 0 saturated carbocycles. The molecule has 2 atom stereocenters. The van der Waals surface area contributed by atoms with Gasteiger partial charge in [-0.05, 0) is 5.92 Å². The molecule has 1 N–H and O–H groups in total. The zero-order valence-electron chi connectivity index (χ0n) is 5.68. The SMILES string of the molecule is COC(=O)[C@@H]1NC[C@@H]1C. The van der Waals surface area contributed by atoms with Crippen LogP contribution in [0.2, 0.25) is 0 Å². The molecule has 0 aromatic heterocycles. The summed E-state index contributed by atoms with van der Waals surface area (Å²) >= 11 is 0. The molecule has 0 spiro atoms. The quantitative estimate of drug-likeness (QED) is 0.497. The summed E-state index contributed by atoms with van der Waals surface area (Å²) in [4.78, 5) is 10.7. The van der Waals surface area contributed by atoms with E-state index >= 15 is 0 Å². The predicted molar refractivity (Wildman–Crippen MR) is 33.0 cm³/mol. The van der Waals surface area contributed by atoms with Crippen LogP contribution in [0.5, 0.6) is 0 Å². The largest absolute Gasteiger partial charge is 0.468 e. The number of hydrogen-bond acceptors (Lipinski definition) is 3. The first kappa shape index (κ1) is 6.55. The molecule has 9 heavy (non-hydrogen) atoms. The lowest BCUT2D eigenvalue weighted by atomic mass is 9.94. The van der Waals surface area contributed by atoms with E-state index in [1.165, 1.54) is 7.11 Å². The van der Waals surface area contributed by atoms with Gasteiger partial charge in [0.25, 0.3) is 0 Å². The lowest BCUT2D eigenvalue weighted by Crippen LogP contribution is -2.56. The van der Waals surface area contributed by atoms with Crippen LogP contribution in [-0.4, -0.2) is 25.7 Å². The van der Waals surface area contributed by atoms with Crippen molar-refractivity contribution in [1.82, 2.24) is 5.32 Å². The fraction of sp³-hybridized carbons (Fsp3) is 0.833. The fourth-order valence-electron chi connectivity index (χ4n) is 0.914. The van der Waals surface area contributed by atoms with Gasteiger partial charge in [0.05, 0.1) is 7.11 Å². The van der Waals surface area contributed by atoms with Gasteiger partial charge in [-0.1, -0.05) is 6.92 Å². The van der Waals surface area contributed by atoms with E-state index in [4.69, 9.17) is 0 Å². The summed E-state index contributed by atoms with van der Waals surface area (Å²) in [5, 5.41) is 2.97. The molecule has 1 heterocycles. The Kier molecular flexibility index (Phi) is 1.71. The van der Waals surface area contributed by atoms with Crippen molar-refractivity contribution in [2.75, 3.05) is 13.7 Å². The number of carbonyl (C=O) groups is 1. The Morgan fingerprint density at radius 3 is 2.56 bits per heavy atom. The minimum Gasteiger partial charge on any atom is -0.468 e. The van der Waals surface area contributed by atoms with Gasteiger partial charge in [0.2, 0.25) is 0 Å². The molecule has 0 amide bonds. The molecule has 1 aliphatic heterocycles. The molecule has 1 aliphatic rings. The highest BCUT2D eigenvalue weighted by Gasteiger charge is 2.32. The minimum atomic E-state index is -0.145. The van der Waals surface area contributed by atoms with E-state index in [0.29, 0.717) is 5.92 Å². The first-order valence-corrected chi connectivity index (χ1v) is 3.07. The van der Waals surface area contributed by atoms with E-state index in [1.807, 2.05) is 6.92 Å². The van der Waals surface area contributed by atoms with Gasteiger partial charge >= 0.3 is 5.97 Å². The maximum Gasteiger partial charge on any atom is 0.323 e. The van der Waals surface area contributed by atoms with Crippen molar-refractivity contribution in [2.24, 2.45) is 5.92 Å². The molecule has 0 radical (unpaired) electrons. The maximum atomic E-state index is 10.7. The zero-order valence-corrected chi connectivity index (χ0v) is 5.68. The van der Waals surface area contributed by atoms with Crippen molar-refractivity contribution in [3.05, 3.63) is 0 Å². The Morgan fingerprint density at radius 2 is 2.44 bits per heavy atom. The molecule has 1 saturated heterocycles. The van der Waals surface area contributed by atoms with E-state index in [9.17, 15) is 4.79 Å². The first-order valence-electron chi connectivity index (χ1n) is 3.07. The van der Waals surface area contributed by atoms with Crippen LogP contribution in [0, 0.1) is 5.92 Å². The third-order valence-electron chi connectivity index (χ3n) is 1.68. The number of ether oxygens (including phenoxy) is 1. The summed E-state index contributed by atoms with van der Waals surface area (Å²) in [6.45, 7) is 2.96. The van der Waals surface area contributed by atoms with Crippen molar-refractivity contribution in [3.63, 3.8) is 0 Å². The second-order valence-corrected chi connectivity index (χ2v) is 2.39. The summed E-state index contributed by atoms with van der Waals surface area (Å²) in [5.74, 6) is 0.297. The van der Waals surface area contributed by atoms with Crippen LogP contribution in [0.4, 0.5) is 0 Å². The number of rotatable bonds is 1. The Morgan fingerprint density at radius 1 is 1.78 bits per heavy atom. The van der Waals surface area contributed by atoms with Gasteiger partial charge in [0, 0.05) is 6.54 Å². The third-order valence-corrected chi connectivity index (χ3v) is 1.68. The lowest BCUT2D eigenvalue weighted by Gasteiger charge is -2.32. The first-order chi connectivity index (χ1) is 4.25. The Bertz CT molecular complexity index is 124. The number of carbonyl (C=O) groups excluding carboxylic acids is 1. The zero-order chi connectivity index (χ0) is 6.85.